The molecule has 0 saturated heterocycles. The number of benzene rings is 3. The highest BCUT2D eigenvalue weighted by atomic mass is 16.7. The van der Waals surface area contributed by atoms with Crippen molar-refractivity contribution in [3.05, 3.63) is 114 Å². The Balaban J connectivity index is 1.48. The van der Waals surface area contributed by atoms with Crippen molar-refractivity contribution >= 4 is 18.1 Å². The number of ether oxygens (including phenoxy) is 6. The van der Waals surface area contributed by atoms with Crippen LogP contribution in [0.25, 0.3) is 0 Å². The van der Waals surface area contributed by atoms with Crippen LogP contribution in [-0.4, -0.2) is 116 Å². The summed E-state index contributed by atoms with van der Waals surface area (Å²) in [7, 11) is 0. The highest BCUT2D eigenvalue weighted by Gasteiger charge is 2.65. The molecule has 3 N–H and O–H groups in total. The smallest absolute Gasteiger partial charge is 0.410 e. The number of nitrogens with zero attached hydrogens (tertiary/aromatic N) is 2. The Kier molecular flexibility index (Phi) is 18.8. The first kappa shape index (κ1) is 48.4. The molecule has 1 aliphatic heterocycles. The first-order valence-electron chi connectivity index (χ1n) is 22.6. The number of fused-ring (bicyclic) bond motifs is 2. The van der Waals surface area contributed by atoms with Crippen LogP contribution in [-0.2, 0) is 30.4 Å². The Morgan fingerprint density at radius 2 is 1.70 bits per heavy atom. The second-order valence-electron chi connectivity index (χ2n) is 16.2. The molecular formula is C50H64N2O12. The third-order valence-corrected chi connectivity index (χ3v) is 12.1. The Hall–Kier alpha value is -5.09. The van der Waals surface area contributed by atoms with Crippen LogP contribution in [0.1, 0.15) is 79.3 Å². The van der Waals surface area contributed by atoms with Gasteiger partial charge in [0, 0.05) is 43.2 Å². The Labute approximate surface area is 376 Å². The van der Waals surface area contributed by atoms with Gasteiger partial charge in [-0.05, 0) is 85.9 Å². The van der Waals surface area contributed by atoms with Crippen LogP contribution in [0.15, 0.2) is 102 Å². The average molecular weight is 885 g/mol. The lowest BCUT2D eigenvalue weighted by atomic mass is 9.55. The summed E-state index contributed by atoms with van der Waals surface area (Å²) in [6.45, 7) is 6.95. The van der Waals surface area contributed by atoms with Gasteiger partial charge in [0.05, 0.1) is 51.3 Å². The van der Waals surface area contributed by atoms with Gasteiger partial charge in [-0.25, -0.2) is 4.79 Å². The average Bonchev–Trinajstić information content (AvgIpc) is 3.31. The fourth-order valence-electron chi connectivity index (χ4n) is 9.38. The standard InChI is InChI=1S/C50H64N2O12/c1-3-25-61-50-46(52(21-26-58-27-24-55)49(57)60-29-28-59-35-36-13-6-5-7-14-36)33-44(51-62-4-2)42-31-38(16-8-10-22-53)41(18-9-11-23-54)47(48(42)50)43-32-40(19-20-45(43)64-50)63-39-17-12-15-37(30-39)34-56/h3,5-7,12-15,17,19-20,30-32,34,38,41,46-48,53-55H,1,4,8-11,16,18,21-29,33,35H2,2H3/t38-,41+,46-,47+,48+,50+/m0/s1. The number of unbranched alkanes of at least 4 members (excludes halogenated alkanes) is 2. The van der Waals surface area contributed by atoms with Crippen LogP contribution in [0, 0.1) is 17.8 Å². The number of carbonyl (C=O) groups is 2. The molecule has 0 unspecified atom stereocenters. The van der Waals surface area contributed by atoms with Crippen molar-refractivity contribution in [3.8, 4) is 17.2 Å². The summed E-state index contributed by atoms with van der Waals surface area (Å²) < 4.78 is 38.3. The molecule has 0 bridgehead atoms. The molecule has 14 nitrogen and oxygen atoms in total. The van der Waals surface area contributed by atoms with E-state index in [9.17, 15) is 24.9 Å². The number of hydrogen-bond acceptors (Lipinski definition) is 13. The van der Waals surface area contributed by atoms with Crippen LogP contribution in [0.2, 0.25) is 0 Å². The van der Waals surface area contributed by atoms with Gasteiger partial charge in [0.15, 0.2) is 0 Å². The molecule has 6 rings (SSSR count). The SMILES string of the molecule is C=CCO[C@@]12Oc3ccc(Oc4cccc(C=O)c4)cc3[C@H]3[C@H](CCCCO)[C@@H](CCCCO)C=C(C(=NOCC)C[C@@H]1N(CCOCCO)C(=O)OCCOCc1ccccc1)[C@H]32. The maximum atomic E-state index is 14.6. The summed E-state index contributed by atoms with van der Waals surface area (Å²) in [5.74, 6) is -0.741. The second-order valence-corrected chi connectivity index (χ2v) is 16.2. The summed E-state index contributed by atoms with van der Waals surface area (Å²) in [5.41, 5.74) is 3.90. The van der Waals surface area contributed by atoms with Gasteiger partial charge in [-0.1, -0.05) is 72.6 Å². The third-order valence-electron chi connectivity index (χ3n) is 12.1. The predicted molar refractivity (Wildman–Crippen MR) is 241 cm³/mol. The van der Waals surface area contributed by atoms with Gasteiger partial charge in [-0.2, -0.15) is 0 Å². The van der Waals surface area contributed by atoms with Crippen molar-refractivity contribution in [1.82, 2.24) is 4.90 Å². The van der Waals surface area contributed by atoms with Crippen molar-refractivity contribution in [3.63, 3.8) is 0 Å². The van der Waals surface area contributed by atoms with Crippen molar-refractivity contribution in [1.29, 1.82) is 0 Å². The molecule has 3 aromatic carbocycles. The molecule has 6 atom stereocenters. The van der Waals surface area contributed by atoms with Crippen molar-refractivity contribution in [2.24, 2.45) is 22.9 Å². The lowest BCUT2D eigenvalue weighted by Crippen LogP contribution is -2.70. The predicted octanol–water partition coefficient (Wildman–Crippen LogP) is 7.61. The van der Waals surface area contributed by atoms with E-state index < -0.39 is 23.8 Å². The van der Waals surface area contributed by atoms with E-state index in [1.54, 1.807) is 35.2 Å². The molecule has 0 aromatic heterocycles. The van der Waals surface area contributed by atoms with Gasteiger partial charge < -0.3 is 48.6 Å². The van der Waals surface area contributed by atoms with Crippen LogP contribution < -0.4 is 9.47 Å². The molecule has 1 fully saturated rings. The third kappa shape index (κ3) is 12.0. The van der Waals surface area contributed by atoms with Crippen molar-refractivity contribution < 1.29 is 58.2 Å². The van der Waals surface area contributed by atoms with Gasteiger partial charge in [-0.3, -0.25) is 9.69 Å². The van der Waals surface area contributed by atoms with Gasteiger partial charge in [0.25, 0.3) is 0 Å². The number of aldehydes is 1. The largest absolute Gasteiger partial charge is 0.459 e. The number of hydrogen-bond donors (Lipinski definition) is 3. The normalized spacial score (nSPS) is 22.7. The van der Waals surface area contributed by atoms with Crippen LogP contribution in [0.5, 0.6) is 17.2 Å². The van der Waals surface area contributed by atoms with E-state index in [1.807, 2.05) is 55.5 Å². The molecule has 64 heavy (non-hydrogen) atoms. The lowest BCUT2D eigenvalue weighted by molar-refractivity contribution is -0.256. The zero-order chi connectivity index (χ0) is 45.2. The first-order chi connectivity index (χ1) is 31.4. The van der Waals surface area contributed by atoms with Crippen LogP contribution in [0.4, 0.5) is 4.79 Å². The zero-order valence-electron chi connectivity index (χ0n) is 36.9. The fraction of sp³-hybridized carbons (Fsp3) is 0.500. The number of oxime groups is 1. The minimum Gasteiger partial charge on any atom is -0.459 e. The molecular weight excluding hydrogens is 821 g/mol. The number of allylic oxidation sites excluding steroid dienone is 1. The number of rotatable bonds is 27. The molecule has 3 aromatic rings. The van der Waals surface area contributed by atoms with Crippen LogP contribution in [0.3, 0.4) is 0 Å². The van der Waals surface area contributed by atoms with E-state index >= 15 is 0 Å². The summed E-state index contributed by atoms with van der Waals surface area (Å²) in [4.78, 5) is 33.7. The Morgan fingerprint density at radius 3 is 2.45 bits per heavy atom. The van der Waals surface area contributed by atoms with E-state index in [2.05, 4.69) is 12.7 Å². The van der Waals surface area contributed by atoms with Crippen LogP contribution >= 0.6 is 0 Å². The summed E-state index contributed by atoms with van der Waals surface area (Å²) in [6.07, 6.45) is 8.62. The topological polar surface area (TPSA) is 175 Å². The summed E-state index contributed by atoms with van der Waals surface area (Å²) in [5, 5.41) is 34.2. The quantitative estimate of drug-likeness (QED) is 0.0296. The molecule has 2 aliphatic carbocycles. The number of amides is 1. The number of aliphatic hydroxyl groups excluding tert-OH is 3. The minimum absolute atomic E-state index is 0.0101. The number of carbonyl (C=O) groups excluding carboxylic acids is 2. The lowest BCUT2D eigenvalue weighted by Gasteiger charge is -2.59. The molecule has 1 saturated carbocycles. The Morgan fingerprint density at radius 1 is 0.906 bits per heavy atom. The van der Waals surface area contributed by atoms with Crippen molar-refractivity contribution in [2.45, 2.75) is 76.2 Å². The van der Waals surface area contributed by atoms with E-state index in [0.29, 0.717) is 54.6 Å². The zero-order valence-corrected chi connectivity index (χ0v) is 36.9. The highest BCUT2D eigenvalue weighted by Crippen LogP contribution is 2.62. The molecule has 3 aliphatic rings. The van der Waals surface area contributed by atoms with Gasteiger partial charge >= 0.3 is 6.09 Å². The van der Waals surface area contributed by atoms with Gasteiger partial charge in [0.1, 0.15) is 42.8 Å². The summed E-state index contributed by atoms with van der Waals surface area (Å²) >= 11 is 0. The monoisotopic (exact) mass is 884 g/mol. The maximum absolute atomic E-state index is 14.6. The molecule has 0 radical (unpaired) electrons. The summed E-state index contributed by atoms with van der Waals surface area (Å²) in [6, 6.07) is 21.5. The van der Waals surface area contributed by atoms with E-state index in [0.717, 1.165) is 48.7 Å². The fourth-order valence-corrected chi connectivity index (χ4v) is 9.38. The van der Waals surface area contributed by atoms with Gasteiger partial charge in [0.2, 0.25) is 5.79 Å². The highest BCUT2D eigenvalue weighted by molar-refractivity contribution is 6.03. The molecule has 346 valence electrons. The number of aliphatic hydroxyl groups is 3. The van der Waals surface area contributed by atoms with E-state index in [-0.39, 0.29) is 83.6 Å². The molecule has 14 heteroatoms. The minimum atomic E-state index is -1.52. The van der Waals surface area contributed by atoms with E-state index in [4.69, 9.17) is 38.4 Å². The van der Waals surface area contributed by atoms with Gasteiger partial charge in [-0.15, -0.1) is 6.58 Å². The first-order valence-corrected chi connectivity index (χ1v) is 22.6. The molecule has 1 heterocycles. The molecule has 0 spiro atoms. The molecule has 1 amide bonds. The second kappa shape index (κ2) is 24.8. The van der Waals surface area contributed by atoms with Crippen molar-refractivity contribution in [2.75, 3.05) is 66.0 Å². The maximum Gasteiger partial charge on any atom is 0.410 e. The Bertz CT molecular complexity index is 2010. The van der Waals surface area contributed by atoms with E-state index in [1.165, 1.54) is 0 Å².